The third-order valence-corrected chi connectivity index (χ3v) is 5.86. The van der Waals surface area contributed by atoms with E-state index >= 15 is 0 Å². The van der Waals surface area contributed by atoms with Crippen LogP contribution in [0.2, 0.25) is 0 Å². The minimum Gasteiger partial charge on any atom is -0.478 e. The molecule has 0 radical (unpaired) electrons. The molecule has 7 nitrogen and oxygen atoms in total. The molecule has 196 valence electrons. The molecule has 1 saturated heterocycles. The van der Waals surface area contributed by atoms with Gasteiger partial charge in [0, 0.05) is 38.3 Å². The van der Waals surface area contributed by atoms with E-state index < -0.39 is 36.1 Å². The molecule has 35 heavy (non-hydrogen) atoms. The van der Waals surface area contributed by atoms with Gasteiger partial charge in [0.15, 0.2) is 5.60 Å². The van der Waals surface area contributed by atoms with Gasteiger partial charge in [-0.25, -0.2) is 9.59 Å². The Labute approximate surface area is 197 Å². The van der Waals surface area contributed by atoms with E-state index in [0.29, 0.717) is 17.2 Å². The molecule has 1 N–H and O–H groups in total. The predicted molar refractivity (Wildman–Crippen MR) is 110 cm³/mol. The summed E-state index contributed by atoms with van der Waals surface area (Å²) in [5.74, 6) is -0.364. The Morgan fingerprint density at radius 3 is 2.09 bits per heavy atom. The SMILES string of the molecule is CC(C)(Oc1cc(C2CC2)ccc1CN1CCN(C(=O)OC(C(F)(F)F)C(F)(F)F)CC1)C(=O)O. The Bertz CT molecular complexity index is 923. The average Bonchev–Trinajstić information content (AvgIpc) is 3.57. The number of carbonyl (C=O) groups excluding carboxylic acids is 1. The van der Waals surface area contributed by atoms with Crippen LogP contribution in [0.1, 0.15) is 43.7 Å². The maximum atomic E-state index is 12.7. The quantitative estimate of drug-likeness (QED) is 0.540. The van der Waals surface area contributed by atoms with Gasteiger partial charge in [-0.3, -0.25) is 4.90 Å². The lowest BCUT2D eigenvalue weighted by Gasteiger charge is -2.35. The van der Waals surface area contributed by atoms with Crippen LogP contribution in [-0.2, 0) is 16.1 Å². The van der Waals surface area contributed by atoms with Crippen LogP contribution in [0.15, 0.2) is 18.2 Å². The van der Waals surface area contributed by atoms with E-state index in [1.807, 2.05) is 17.0 Å². The molecule has 1 heterocycles. The molecule has 0 atom stereocenters. The summed E-state index contributed by atoms with van der Waals surface area (Å²) in [5, 5.41) is 9.42. The molecule has 2 aliphatic rings. The molecule has 13 heteroatoms. The van der Waals surface area contributed by atoms with Crippen LogP contribution < -0.4 is 4.74 Å². The molecule has 1 saturated carbocycles. The molecule has 3 rings (SSSR count). The molecule has 0 spiro atoms. The molecule has 0 aromatic heterocycles. The minimum absolute atomic E-state index is 0.141. The lowest BCUT2D eigenvalue weighted by atomic mass is 10.0. The van der Waals surface area contributed by atoms with Crippen molar-refractivity contribution >= 4 is 12.1 Å². The molecule has 2 fully saturated rings. The lowest BCUT2D eigenvalue weighted by Crippen LogP contribution is -2.52. The number of piperazine rings is 1. The highest BCUT2D eigenvalue weighted by Gasteiger charge is 2.60. The molecule has 0 unspecified atom stereocenters. The van der Waals surface area contributed by atoms with E-state index in [-0.39, 0.29) is 32.7 Å². The van der Waals surface area contributed by atoms with Gasteiger partial charge in [-0.1, -0.05) is 12.1 Å². The molecular formula is C22H26F6N2O5. The van der Waals surface area contributed by atoms with Crippen molar-refractivity contribution in [3.05, 3.63) is 29.3 Å². The number of nitrogens with zero attached hydrogens (tertiary/aromatic N) is 2. The second kappa shape index (κ2) is 9.75. The van der Waals surface area contributed by atoms with Crippen LogP contribution in [-0.4, -0.2) is 77.2 Å². The number of halogens is 6. The number of alkyl halides is 6. The summed E-state index contributed by atoms with van der Waals surface area (Å²) in [6.07, 6.45) is -15.4. The molecule has 0 bridgehead atoms. The number of carboxylic acid groups (broad SMARTS) is 1. The molecule has 1 aromatic rings. The predicted octanol–water partition coefficient (Wildman–Crippen LogP) is 4.55. The first-order valence-electron chi connectivity index (χ1n) is 10.9. The third kappa shape index (κ3) is 6.92. The van der Waals surface area contributed by atoms with Crippen molar-refractivity contribution in [2.45, 2.75) is 63.2 Å². The van der Waals surface area contributed by atoms with Crippen molar-refractivity contribution in [1.82, 2.24) is 9.80 Å². The number of ether oxygens (including phenoxy) is 2. The topological polar surface area (TPSA) is 79.3 Å². The van der Waals surface area contributed by atoms with Crippen molar-refractivity contribution in [2.75, 3.05) is 26.2 Å². The van der Waals surface area contributed by atoms with Crippen molar-refractivity contribution in [3.63, 3.8) is 0 Å². The number of hydrogen-bond acceptors (Lipinski definition) is 5. The summed E-state index contributed by atoms with van der Waals surface area (Å²) in [6.45, 7) is 3.15. The number of amides is 1. The number of rotatable bonds is 7. The smallest absolute Gasteiger partial charge is 0.434 e. The standard InChI is InChI=1S/C22H26F6N2O5/c1-20(2,18(31)32)35-16-11-14(13-3-4-13)5-6-15(16)12-29-7-9-30(10-8-29)19(33)34-17(21(23,24)25)22(26,27)28/h5-6,11,13,17H,3-4,7-10,12H2,1-2H3,(H,31,32). The Kier molecular flexibility index (Phi) is 7.49. The first kappa shape index (κ1) is 26.9. The fourth-order valence-electron chi connectivity index (χ4n) is 3.61. The van der Waals surface area contributed by atoms with E-state index in [2.05, 4.69) is 4.74 Å². The monoisotopic (exact) mass is 512 g/mol. The zero-order valence-electron chi connectivity index (χ0n) is 19.1. The summed E-state index contributed by atoms with van der Waals surface area (Å²) < 4.78 is 85.5. The Morgan fingerprint density at radius 2 is 1.60 bits per heavy atom. The highest BCUT2D eigenvalue weighted by atomic mass is 19.4. The number of benzene rings is 1. The molecule has 1 amide bonds. The number of aliphatic carboxylic acids is 1. The van der Waals surface area contributed by atoms with Crippen molar-refractivity contribution in [1.29, 1.82) is 0 Å². The van der Waals surface area contributed by atoms with Gasteiger partial charge in [0.05, 0.1) is 0 Å². The van der Waals surface area contributed by atoms with Gasteiger partial charge >= 0.3 is 24.4 Å². The van der Waals surface area contributed by atoms with E-state index in [0.717, 1.165) is 23.3 Å². The van der Waals surface area contributed by atoms with Crippen LogP contribution in [0.5, 0.6) is 5.75 Å². The van der Waals surface area contributed by atoms with Gasteiger partial charge in [0.2, 0.25) is 0 Å². The first-order chi connectivity index (χ1) is 16.1. The van der Waals surface area contributed by atoms with E-state index in [1.54, 1.807) is 6.07 Å². The summed E-state index contributed by atoms with van der Waals surface area (Å²) in [6, 6.07) is 5.55. The molecule has 1 aromatic carbocycles. The van der Waals surface area contributed by atoms with E-state index in [1.165, 1.54) is 13.8 Å². The fraction of sp³-hybridized carbons (Fsp3) is 0.636. The van der Waals surface area contributed by atoms with Gasteiger partial charge in [0.1, 0.15) is 5.75 Å². The number of carboxylic acids is 1. The van der Waals surface area contributed by atoms with Crippen LogP contribution >= 0.6 is 0 Å². The zero-order chi connectivity index (χ0) is 26.2. The Hall–Kier alpha value is -2.70. The Balaban J connectivity index is 1.64. The van der Waals surface area contributed by atoms with E-state index in [9.17, 15) is 41.0 Å². The summed E-state index contributed by atoms with van der Waals surface area (Å²) in [7, 11) is 0. The molecule has 1 aliphatic heterocycles. The van der Waals surface area contributed by atoms with Crippen LogP contribution in [0.25, 0.3) is 0 Å². The summed E-state index contributed by atoms with van der Waals surface area (Å²) in [4.78, 5) is 26.1. The minimum atomic E-state index is -5.78. The maximum Gasteiger partial charge on any atom is 0.434 e. The van der Waals surface area contributed by atoms with Crippen LogP contribution in [0.4, 0.5) is 31.1 Å². The molecular weight excluding hydrogens is 486 g/mol. The number of carbonyl (C=O) groups is 2. The zero-order valence-corrected chi connectivity index (χ0v) is 19.1. The largest absolute Gasteiger partial charge is 0.478 e. The molecule has 1 aliphatic carbocycles. The van der Waals surface area contributed by atoms with Crippen LogP contribution in [0.3, 0.4) is 0 Å². The second-order valence-corrected chi connectivity index (χ2v) is 9.17. The fourth-order valence-corrected chi connectivity index (χ4v) is 3.61. The van der Waals surface area contributed by atoms with Crippen molar-refractivity contribution < 1.29 is 50.5 Å². The Morgan fingerprint density at radius 1 is 1.03 bits per heavy atom. The van der Waals surface area contributed by atoms with Crippen LogP contribution in [0, 0.1) is 0 Å². The van der Waals surface area contributed by atoms with Gasteiger partial charge in [0.25, 0.3) is 6.10 Å². The van der Waals surface area contributed by atoms with Gasteiger partial charge in [-0.2, -0.15) is 26.3 Å². The third-order valence-electron chi connectivity index (χ3n) is 5.86. The van der Waals surface area contributed by atoms with E-state index in [4.69, 9.17) is 4.74 Å². The maximum absolute atomic E-state index is 12.7. The summed E-state index contributed by atoms with van der Waals surface area (Å²) in [5.41, 5.74) is 0.211. The summed E-state index contributed by atoms with van der Waals surface area (Å²) >= 11 is 0. The normalized spacial score (nSPS) is 18.0. The highest BCUT2D eigenvalue weighted by molar-refractivity contribution is 5.76. The van der Waals surface area contributed by atoms with Gasteiger partial charge < -0.3 is 19.5 Å². The first-order valence-corrected chi connectivity index (χ1v) is 10.9. The van der Waals surface area contributed by atoms with Gasteiger partial charge in [-0.05, 0) is 44.2 Å². The average molecular weight is 512 g/mol. The second-order valence-electron chi connectivity index (χ2n) is 9.17. The van der Waals surface area contributed by atoms with Gasteiger partial charge in [-0.15, -0.1) is 0 Å². The highest BCUT2D eigenvalue weighted by Crippen LogP contribution is 2.42. The van der Waals surface area contributed by atoms with Crippen molar-refractivity contribution in [3.8, 4) is 5.75 Å². The van der Waals surface area contributed by atoms with Crippen molar-refractivity contribution in [2.24, 2.45) is 0 Å². The lowest BCUT2D eigenvalue weighted by molar-refractivity contribution is -0.308. The number of hydrogen-bond donors (Lipinski definition) is 1.